The third kappa shape index (κ3) is 4.83. The summed E-state index contributed by atoms with van der Waals surface area (Å²) in [5, 5.41) is 0. The number of amides is 1. The first-order valence-electron chi connectivity index (χ1n) is 8.39. The molecule has 2 N–H and O–H groups in total. The molecule has 0 aromatic carbocycles. The van der Waals surface area contributed by atoms with Crippen molar-refractivity contribution in [2.75, 3.05) is 26.2 Å². The SMILES string of the molecule is CCC1CCCCN1C(=O)CN1CCC(C)CC1CN.Cl. The van der Waals surface area contributed by atoms with Gasteiger partial charge in [-0.15, -0.1) is 12.4 Å². The Kier molecular flexibility index (Phi) is 7.99. The highest BCUT2D eigenvalue weighted by atomic mass is 35.5. The van der Waals surface area contributed by atoms with E-state index in [1.807, 2.05) is 0 Å². The molecule has 0 spiro atoms. The van der Waals surface area contributed by atoms with Crippen LogP contribution in [0.5, 0.6) is 0 Å². The van der Waals surface area contributed by atoms with Gasteiger partial charge in [-0.3, -0.25) is 9.69 Å². The Morgan fingerprint density at radius 3 is 2.62 bits per heavy atom. The minimum absolute atomic E-state index is 0. The molecule has 2 aliphatic heterocycles. The zero-order valence-corrected chi connectivity index (χ0v) is 14.4. The minimum atomic E-state index is 0. The van der Waals surface area contributed by atoms with Crippen molar-refractivity contribution >= 4 is 18.3 Å². The van der Waals surface area contributed by atoms with Crippen molar-refractivity contribution < 1.29 is 4.79 Å². The molecule has 0 aromatic heterocycles. The number of nitrogens with zero attached hydrogens (tertiary/aromatic N) is 2. The van der Waals surface area contributed by atoms with Gasteiger partial charge >= 0.3 is 0 Å². The van der Waals surface area contributed by atoms with Gasteiger partial charge in [0.2, 0.25) is 5.91 Å². The average Bonchev–Trinajstić information content (AvgIpc) is 2.48. The molecule has 21 heavy (non-hydrogen) atoms. The third-order valence-electron chi connectivity index (χ3n) is 5.13. The van der Waals surface area contributed by atoms with E-state index in [9.17, 15) is 4.79 Å². The lowest BCUT2D eigenvalue weighted by atomic mass is 9.92. The van der Waals surface area contributed by atoms with Gasteiger partial charge in [0.25, 0.3) is 0 Å². The number of hydrogen-bond donors (Lipinski definition) is 1. The van der Waals surface area contributed by atoms with Crippen molar-refractivity contribution in [2.45, 2.75) is 64.5 Å². The van der Waals surface area contributed by atoms with Crippen LogP contribution in [0.4, 0.5) is 0 Å². The molecule has 2 rings (SSSR count). The van der Waals surface area contributed by atoms with Crippen molar-refractivity contribution in [3.63, 3.8) is 0 Å². The molecule has 2 heterocycles. The van der Waals surface area contributed by atoms with E-state index in [1.165, 1.54) is 25.7 Å². The van der Waals surface area contributed by atoms with Crippen molar-refractivity contribution in [1.82, 2.24) is 9.80 Å². The number of rotatable bonds is 4. The molecule has 0 aliphatic carbocycles. The molecule has 3 atom stereocenters. The number of carbonyl (C=O) groups is 1. The topological polar surface area (TPSA) is 49.6 Å². The van der Waals surface area contributed by atoms with E-state index in [0.717, 1.165) is 31.8 Å². The van der Waals surface area contributed by atoms with E-state index >= 15 is 0 Å². The third-order valence-corrected chi connectivity index (χ3v) is 5.13. The van der Waals surface area contributed by atoms with Crippen LogP contribution in [0.2, 0.25) is 0 Å². The van der Waals surface area contributed by atoms with Crippen LogP contribution in [-0.2, 0) is 4.79 Å². The zero-order chi connectivity index (χ0) is 14.5. The minimum Gasteiger partial charge on any atom is -0.339 e. The second kappa shape index (κ2) is 8.96. The van der Waals surface area contributed by atoms with Gasteiger partial charge in [0, 0.05) is 25.2 Å². The normalized spacial score (nSPS) is 30.8. The molecular weight excluding hydrogens is 286 g/mol. The second-order valence-electron chi connectivity index (χ2n) is 6.63. The molecule has 4 nitrogen and oxygen atoms in total. The monoisotopic (exact) mass is 317 g/mol. The summed E-state index contributed by atoms with van der Waals surface area (Å²) in [6.45, 7) is 7.72. The Labute approximate surface area is 135 Å². The van der Waals surface area contributed by atoms with Crippen LogP contribution in [0.1, 0.15) is 52.4 Å². The molecule has 5 heteroatoms. The van der Waals surface area contributed by atoms with Gasteiger partial charge in [-0.05, 0) is 51.0 Å². The number of likely N-dealkylation sites (tertiary alicyclic amines) is 2. The summed E-state index contributed by atoms with van der Waals surface area (Å²) in [5.41, 5.74) is 5.90. The van der Waals surface area contributed by atoms with Crippen LogP contribution in [0.15, 0.2) is 0 Å². The van der Waals surface area contributed by atoms with Gasteiger partial charge in [0.15, 0.2) is 0 Å². The predicted octanol–water partition coefficient (Wildman–Crippen LogP) is 2.26. The molecule has 124 valence electrons. The Bertz CT molecular complexity index is 327. The van der Waals surface area contributed by atoms with Gasteiger partial charge in [0.1, 0.15) is 0 Å². The molecule has 0 radical (unpaired) electrons. The predicted molar refractivity (Wildman–Crippen MR) is 89.7 cm³/mol. The molecule has 2 aliphatic rings. The highest BCUT2D eigenvalue weighted by Gasteiger charge is 2.30. The van der Waals surface area contributed by atoms with Crippen LogP contribution in [0.3, 0.4) is 0 Å². The van der Waals surface area contributed by atoms with Crippen molar-refractivity contribution in [3.05, 3.63) is 0 Å². The van der Waals surface area contributed by atoms with Crippen LogP contribution in [0.25, 0.3) is 0 Å². The zero-order valence-electron chi connectivity index (χ0n) is 13.6. The first-order chi connectivity index (χ1) is 9.65. The molecular formula is C16H32ClN3O. The standard InChI is InChI=1S/C16H31N3O.ClH/c1-3-14-6-4-5-8-19(14)16(20)12-18-9-7-13(2)10-15(18)11-17;/h13-15H,3-12,17H2,1-2H3;1H. The van der Waals surface area contributed by atoms with E-state index < -0.39 is 0 Å². The van der Waals surface area contributed by atoms with Gasteiger partial charge in [-0.1, -0.05) is 13.8 Å². The lowest BCUT2D eigenvalue weighted by Crippen LogP contribution is -2.53. The summed E-state index contributed by atoms with van der Waals surface area (Å²) < 4.78 is 0. The summed E-state index contributed by atoms with van der Waals surface area (Å²) in [6.07, 6.45) is 7.04. The molecule has 3 unspecified atom stereocenters. The quantitative estimate of drug-likeness (QED) is 0.865. The highest BCUT2D eigenvalue weighted by molar-refractivity contribution is 5.85. The fourth-order valence-electron chi connectivity index (χ4n) is 3.77. The Morgan fingerprint density at radius 2 is 1.95 bits per heavy atom. The summed E-state index contributed by atoms with van der Waals surface area (Å²) in [5.74, 6) is 1.07. The van der Waals surface area contributed by atoms with Crippen LogP contribution in [-0.4, -0.2) is 54.0 Å². The molecule has 0 saturated carbocycles. The van der Waals surface area contributed by atoms with Gasteiger partial charge in [-0.25, -0.2) is 0 Å². The van der Waals surface area contributed by atoms with Crippen molar-refractivity contribution in [3.8, 4) is 0 Å². The van der Waals surface area contributed by atoms with Crippen molar-refractivity contribution in [2.24, 2.45) is 11.7 Å². The van der Waals surface area contributed by atoms with Crippen LogP contribution in [0, 0.1) is 5.92 Å². The first kappa shape index (κ1) is 18.7. The number of halogens is 1. The first-order valence-corrected chi connectivity index (χ1v) is 8.39. The Hall–Kier alpha value is -0.320. The highest BCUT2D eigenvalue weighted by Crippen LogP contribution is 2.23. The number of piperidine rings is 2. The lowest BCUT2D eigenvalue weighted by molar-refractivity contribution is -0.137. The largest absolute Gasteiger partial charge is 0.339 e. The van der Waals surface area contributed by atoms with Gasteiger partial charge in [0.05, 0.1) is 6.54 Å². The summed E-state index contributed by atoms with van der Waals surface area (Å²) >= 11 is 0. The van der Waals surface area contributed by atoms with E-state index in [2.05, 4.69) is 23.6 Å². The van der Waals surface area contributed by atoms with Crippen LogP contribution >= 0.6 is 12.4 Å². The number of carbonyl (C=O) groups excluding carboxylic acids is 1. The summed E-state index contributed by atoms with van der Waals surface area (Å²) in [4.78, 5) is 17.1. The van der Waals surface area contributed by atoms with Crippen molar-refractivity contribution in [1.29, 1.82) is 0 Å². The fraction of sp³-hybridized carbons (Fsp3) is 0.938. The maximum Gasteiger partial charge on any atom is 0.237 e. The molecule has 2 fully saturated rings. The second-order valence-corrected chi connectivity index (χ2v) is 6.63. The number of hydrogen-bond acceptors (Lipinski definition) is 3. The lowest BCUT2D eigenvalue weighted by Gasteiger charge is -2.41. The van der Waals surface area contributed by atoms with Gasteiger partial charge in [-0.2, -0.15) is 0 Å². The van der Waals surface area contributed by atoms with Gasteiger partial charge < -0.3 is 10.6 Å². The van der Waals surface area contributed by atoms with E-state index in [1.54, 1.807) is 0 Å². The molecule has 0 bridgehead atoms. The maximum absolute atomic E-state index is 12.6. The molecule has 2 saturated heterocycles. The smallest absolute Gasteiger partial charge is 0.237 e. The molecule has 1 amide bonds. The summed E-state index contributed by atoms with van der Waals surface area (Å²) in [7, 11) is 0. The Balaban J connectivity index is 0.00000220. The van der Waals surface area contributed by atoms with E-state index in [0.29, 0.717) is 31.1 Å². The number of nitrogens with two attached hydrogens (primary N) is 1. The van der Waals surface area contributed by atoms with Crippen LogP contribution < -0.4 is 5.73 Å². The molecule has 0 aromatic rings. The fourth-order valence-corrected chi connectivity index (χ4v) is 3.77. The summed E-state index contributed by atoms with van der Waals surface area (Å²) in [6, 6.07) is 0.865. The Morgan fingerprint density at radius 1 is 1.19 bits per heavy atom. The van der Waals surface area contributed by atoms with E-state index in [4.69, 9.17) is 5.73 Å². The average molecular weight is 318 g/mol. The van der Waals surface area contributed by atoms with E-state index in [-0.39, 0.29) is 12.4 Å². The maximum atomic E-state index is 12.6.